The monoisotopic (exact) mass is 1150 g/mol. The summed E-state index contributed by atoms with van der Waals surface area (Å²) >= 11 is 0. The number of aliphatic hydroxyl groups excluding tert-OH is 1. The van der Waals surface area contributed by atoms with E-state index in [0.717, 1.165) is 51.4 Å². The first-order valence-electron chi connectivity index (χ1n) is 35.3. The second kappa shape index (κ2) is 62.3. The number of allylic oxidation sites excluding steroid dienone is 6. The van der Waals surface area contributed by atoms with Gasteiger partial charge in [0.2, 0.25) is 5.91 Å². The van der Waals surface area contributed by atoms with Crippen LogP contribution in [0.1, 0.15) is 361 Å². The van der Waals surface area contributed by atoms with Gasteiger partial charge in [0.05, 0.1) is 39.9 Å². The van der Waals surface area contributed by atoms with Crippen LogP contribution in [0.3, 0.4) is 0 Å². The van der Waals surface area contributed by atoms with Crippen molar-refractivity contribution in [1.82, 2.24) is 5.32 Å². The number of phosphoric ester groups is 1. The lowest BCUT2D eigenvalue weighted by molar-refractivity contribution is -0.870. The number of nitrogens with one attached hydrogen (secondary N) is 1. The van der Waals surface area contributed by atoms with E-state index in [-0.39, 0.29) is 19.1 Å². The third-order valence-electron chi connectivity index (χ3n) is 16.4. The first kappa shape index (κ1) is 78.7. The fraction of sp³-hybridized carbons (Fsp3) is 0.901. The van der Waals surface area contributed by atoms with E-state index >= 15 is 0 Å². The highest BCUT2D eigenvalue weighted by Crippen LogP contribution is 2.38. The maximum atomic E-state index is 13.0. The minimum Gasteiger partial charge on any atom is -0.756 e. The van der Waals surface area contributed by atoms with Gasteiger partial charge in [-0.15, -0.1) is 0 Å². The summed E-state index contributed by atoms with van der Waals surface area (Å²) in [6.07, 6.45) is 82.3. The number of unbranched alkanes of at least 4 members (excludes halogenated alkanes) is 47. The second-order valence-electron chi connectivity index (χ2n) is 25.6. The highest BCUT2D eigenvalue weighted by molar-refractivity contribution is 7.45. The maximum absolute atomic E-state index is 13.0. The molecule has 0 bridgehead atoms. The van der Waals surface area contributed by atoms with E-state index in [4.69, 9.17) is 9.05 Å². The van der Waals surface area contributed by atoms with Crippen LogP contribution in [0, 0.1) is 0 Å². The third-order valence-corrected chi connectivity index (χ3v) is 17.3. The number of nitrogens with zero attached hydrogens (tertiary/aromatic N) is 1. The van der Waals surface area contributed by atoms with E-state index in [1.165, 1.54) is 283 Å². The standard InChI is InChI=1S/C71H139N2O6P/c1-6-8-10-12-14-16-18-20-22-24-25-26-27-28-29-30-31-32-33-34-35-36-37-38-39-40-41-42-43-44-45-46-47-49-51-53-55-57-59-61-63-65-71(75)72-69(68-79-80(76,77)78-67-66-73(3,4)5)70(74)64-62-60-58-56-54-52-50-48-23-21-19-17-15-13-11-9-7-2/h18,20,24-25,27-28,69-70,74H,6-17,19,21-23,26,29-68H2,1-5H3,(H-,72,75,76,77)/b20-18-,25-24-,28-27-. The number of carbonyl (C=O) groups is 1. The second-order valence-corrected chi connectivity index (χ2v) is 27.0. The lowest BCUT2D eigenvalue weighted by atomic mass is 10.0. The van der Waals surface area contributed by atoms with Crippen molar-refractivity contribution in [1.29, 1.82) is 0 Å². The number of hydrogen-bond donors (Lipinski definition) is 2. The SMILES string of the molecule is CCCCCCC/C=C\C/C=C\C/C=C\CCCCCCCCCCCCCCCCCCCCCCCCCCCCC(=O)NC(COP(=O)([O-])OCC[N+](C)(C)C)C(O)CCCCCCCCCCCCCCCCCCC. The van der Waals surface area contributed by atoms with Gasteiger partial charge in [0.1, 0.15) is 13.2 Å². The minimum atomic E-state index is -4.57. The predicted molar refractivity (Wildman–Crippen MR) is 348 cm³/mol. The quantitative estimate of drug-likeness (QED) is 0.0272. The topological polar surface area (TPSA) is 108 Å². The third kappa shape index (κ3) is 64.3. The fourth-order valence-corrected chi connectivity index (χ4v) is 11.6. The fourth-order valence-electron chi connectivity index (χ4n) is 10.9. The molecule has 0 heterocycles. The van der Waals surface area contributed by atoms with E-state index in [0.29, 0.717) is 23.9 Å². The zero-order valence-electron chi connectivity index (χ0n) is 54.3. The zero-order chi connectivity index (χ0) is 58.4. The molecule has 0 radical (unpaired) electrons. The van der Waals surface area contributed by atoms with E-state index in [2.05, 4.69) is 55.6 Å². The van der Waals surface area contributed by atoms with Crippen molar-refractivity contribution in [3.63, 3.8) is 0 Å². The van der Waals surface area contributed by atoms with Crippen molar-refractivity contribution in [3.8, 4) is 0 Å². The molecule has 0 aliphatic heterocycles. The molecular weight excluding hydrogens is 1010 g/mol. The van der Waals surface area contributed by atoms with Gasteiger partial charge in [-0.05, 0) is 51.4 Å². The van der Waals surface area contributed by atoms with Crippen LogP contribution < -0.4 is 10.2 Å². The summed E-state index contributed by atoms with van der Waals surface area (Å²) in [4.78, 5) is 25.6. The van der Waals surface area contributed by atoms with Crippen LogP contribution in [0.4, 0.5) is 0 Å². The van der Waals surface area contributed by atoms with E-state index in [1.807, 2.05) is 21.1 Å². The Morgan fingerprint density at radius 2 is 0.725 bits per heavy atom. The average molecular weight is 1150 g/mol. The van der Waals surface area contributed by atoms with Crippen LogP contribution in [0.15, 0.2) is 36.5 Å². The Labute approximate surface area is 499 Å². The minimum absolute atomic E-state index is 0.0149. The van der Waals surface area contributed by atoms with Crippen molar-refractivity contribution in [2.45, 2.75) is 373 Å². The molecule has 0 aromatic carbocycles. The van der Waals surface area contributed by atoms with Crippen LogP contribution in [0.5, 0.6) is 0 Å². The highest BCUT2D eigenvalue weighted by atomic mass is 31.2. The van der Waals surface area contributed by atoms with E-state index in [1.54, 1.807) is 0 Å². The van der Waals surface area contributed by atoms with Crippen LogP contribution in [0.2, 0.25) is 0 Å². The molecule has 3 unspecified atom stereocenters. The normalized spacial score (nSPS) is 13.8. The summed E-state index contributed by atoms with van der Waals surface area (Å²) < 4.78 is 23.5. The van der Waals surface area contributed by atoms with Gasteiger partial charge in [-0.25, -0.2) is 0 Å². The number of quaternary nitrogens is 1. The Balaban J connectivity index is 3.85. The Morgan fingerprint density at radius 1 is 0.438 bits per heavy atom. The number of hydrogen-bond acceptors (Lipinski definition) is 6. The average Bonchev–Trinajstić information content (AvgIpc) is 3.42. The first-order chi connectivity index (χ1) is 39.0. The molecule has 0 saturated carbocycles. The van der Waals surface area contributed by atoms with Gasteiger partial charge < -0.3 is 28.8 Å². The molecule has 0 aromatic heterocycles. The molecule has 9 heteroatoms. The van der Waals surface area contributed by atoms with Crippen LogP contribution in [-0.2, 0) is 18.4 Å². The van der Waals surface area contributed by atoms with Crippen molar-refractivity contribution in [3.05, 3.63) is 36.5 Å². The first-order valence-corrected chi connectivity index (χ1v) is 36.8. The van der Waals surface area contributed by atoms with Gasteiger partial charge in [0.15, 0.2) is 0 Å². The van der Waals surface area contributed by atoms with Crippen molar-refractivity contribution < 1.29 is 32.9 Å². The Morgan fingerprint density at radius 3 is 1.05 bits per heavy atom. The molecule has 0 saturated heterocycles. The van der Waals surface area contributed by atoms with Gasteiger partial charge in [0.25, 0.3) is 7.82 Å². The molecule has 80 heavy (non-hydrogen) atoms. The van der Waals surface area contributed by atoms with Gasteiger partial charge in [-0.2, -0.15) is 0 Å². The molecular formula is C71H139N2O6P. The molecule has 0 aliphatic carbocycles. The van der Waals surface area contributed by atoms with Gasteiger partial charge in [-0.1, -0.05) is 339 Å². The number of rotatable bonds is 66. The molecule has 0 aliphatic rings. The zero-order valence-corrected chi connectivity index (χ0v) is 55.2. The van der Waals surface area contributed by atoms with Crippen LogP contribution in [-0.4, -0.2) is 68.5 Å². The summed E-state index contributed by atoms with van der Waals surface area (Å²) in [7, 11) is 1.32. The molecule has 2 N–H and O–H groups in total. The van der Waals surface area contributed by atoms with Crippen LogP contribution in [0.25, 0.3) is 0 Å². The molecule has 3 atom stereocenters. The number of likely N-dealkylation sites (N-methyl/N-ethyl adjacent to an activating group) is 1. The van der Waals surface area contributed by atoms with Gasteiger partial charge >= 0.3 is 0 Å². The summed E-state index contributed by atoms with van der Waals surface area (Å²) in [6, 6.07) is -0.798. The lowest BCUT2D eigenvalue weighted by Crippen LogP contribution is -2.46. The molecule has 0 rings (SSSR count). The smallest absolute Gasteiger partial charge is 0.268 e. The Bertz CT molecular complexity index is 1400. The molecule has 8 nitrogen and oxygen atoms in total. The molecule has 0 fully saturated rings. The molecule has 0 spiro atoms. The Kier molecular flexibility index (Phi) is 61.3. The number of carbonyl (C=O) groups excluding carboxylic acids is 1. The van der Waals surface area contributed by atoms with Gasteiger partial charge in [-0.3, -0.25) is 9.36 Å². The van der Waals surface area contributed by atoms with Gasteiger partial charge in [0, 0.05) is 6.42 Å². The summed E-state index contributed by atoms with van der Waals surface area (Å²) in [6.45, 7) is 4.76. The predicted octanol–water partition coefficient (Wildman–Crippen LogP) is 21.8. The van der Waals surface area contributed by atoms with Crippen molar-refractivity contribution in [2.24, 2.45) is 0 Å². The van der Waals surface area contributed by atoms with Crippen molar-refractivity contribution >= 4 is 13.7 Å². The van der Waals surface area contributed by atoms with Crippen LogP contribution >= 0.6 is 7.82 Å². The largest absolute Gasteiger partial charge is 0.756 e. The number of amides is 1. The Hall–Kier alpha value is -1.28. The summed E-state index contributed by atoms with van der Waals surface area (Å²) in [5.74, 6) is -0.157. The number of aliphatic hydroxyl groups is 1. The van der Waals surface area contributed by atoms with E-state index < -0.39 is 20.0 Å². The van der Waals surface area contributed by atoms with Crippen molar-refractivity contribution in [2.75, 3.05) is 40.9 Å². The summed E-state index contributed by atoms with van der Waals surface area (Å²) in [5.41, 5.74) is 0. The highest BCUT2D eigenvalue weighted by Gasteiger charge is 2.24. The lowest BCUT2D eigenvalue weighted by Gasteiger charge is -2.30. The molecule has 1 amide bonds. The maximum Gasteiger partial charge on any atom is 0.268 e. The molecule has 474 valence electrons. The van der Waals surface area contributed by atoms with E-state index in [9.17, 15) is 19.4 Å². The number of phosphoric acid groups is 1. The summed E-state index contributed by atoms with van der Waals surface area (Å²) in [5, 5.41) is 14.1. The molecule has 0 aromatic rings.